The van der Waals surface area contributed by atoms with Crippen LogP contribution in [0, 0.1) is 12.3 Å². The maximum atomic E-state index is 8.08. The molecular formula is C37H43N5O. The second kappa shape index (κ2) is 14.8. The van der Waals surface area contributed by atoms with Crippen molar-refractivity contribution in [2.75, 3.05) is 31.6 Å². The first-order valence-electron chi connectivity index (χ1n) is 15.2. The highest BCUT2D eigenvalue weighted by molar-refractivity contribution is 5.92. The minimum absolute atomic E-state index is 0.109. The number of hydrogen-bond acceptors (Lipinski definition) is 6. The molecule has 1 fully saturated rings. The summed E-state index contributed by atoms with van der Waals surface area (Å²) in [6.45, 7) is 11.5. The molecule has 0 unspecified atom stereocenters. The smallest absolute Gasteiger partial charge is 0.213 e. The predicted octanol–water partition coefficient (Wildman–Crippen LogP) is 6.84. The highest BCUT2D eigenvalue weighted by Gasteiger charge is 2.20. The van der Waals surface area contributed by atoms with Gasteiger partial charge in [0.2, 0.25) is 5.90 Å². The molecule has 0 amide bonds. The van der Waals surface area contributed by atoms with E-state index in [2.05, 4.69) is 112 Å². The number of para-hydroxylation sites is 1. The fourth-order valence-electron chi connectivity index (χ4n) is 5.73. The van der Waals surface area contributed by atoms with Gasteiger partial charge >= 0.3 is 0 Å². The van der Waals surface area contributed by atoms with E-state index >= 15 is 0 Å². The Morgan fingerprint density at radius 3 is 2.37 bits per heavy atom. The van der Waals surface area contributed by atoms with Gasteiger partial charge in [0.05, 0.1) is 18.5 Å². The molecule has 1 aromatic heterocycles. The van der Waals surface area contributed by atoms with Crippen molar-refractivity contribution in [2.45, 2.75) is 45.3 Å². The van der Waals surface area contributed by atoms with E-state index in [4.69, 9.17) is 10.1 Å². The van der Waals surface area contributed by atoms with Crippen LogP contribution in [0.25, 0.3) is 5.70 Å². The molecule has 43 heavy (non-hydrogen) atoms. The van der Waals surface area contributed by atoms with Crippen molar-refractivity contribution in [3.8, 4) is 0 Å². The predicted molar refractivity (Wildman–Crippen MR) is 177 cm³/mol. The molecule has 5 rings (SSSR count). The van der Waals surface area contributed by atoms with Crippen LogP contribution in [-0.2, 0) is 24.2 Å². The van der Waals surface area contributed by atoms with Crippen LogP contribution in [0.4, 0.5) is 5.69 Å². The number of rotatable bonds is 12. The molecule has 4 aromatic rings. The standard InChI is InChI=1S/C37H43N5O/c1-28-9-7-8-12-36(28)42(29(2)35-25-33(18-22-40-35)37(38)43-3)27-32-15-13-31(14-16-32)26-41-23-19-34(20-24-41)39-21-17-30-10-5-4-6-11-30/h4-16,18,22,25,34,38-39H,2,17,19-21,23-24,26-27H2,1,3H3. The molecule has 2 N–H and O–H groups in total. The summed E-state index contributed by atoms with van der Waals surface area (Å²) in [5, 5.41) is 11.9. The number of anilines is 1. The third kappa shape index (κ3) is 8.19. The number of nitrogens with zero attached hydrogens (tertiary/aromatic N) is 3. The fourth-order valence-corrected chi connectivity index (χ4v) is 5.73. The molecule has 6 heteroatoms. The summed E-state index contributed by atoms with van der Waals surface area (Å²) in [6.07, 6.45) is 5.18. The van der Waals surface area contributed by atoms with Crippen LogP contribution >= 0.6 is 0 Å². The van der Waals surface area contributed by atoms with Gasteiger partial charge in [-0.15, -0.1) is 0 Å². The minimum atomic E-state index is 0.109. The SMILES string of the molecule is C=C(c1cc(C(=N)OC)ccn1)N(Cc1ccc(CN2CCC(NCCc3ccccc3)CC2)cc1)c1ccccc1C. The molecule has 3 aromatic carbocycles. The molecule has 1 aliphatic heterocycles. The number of benzene rings is 3. The summed E-state index contributed by atoms with van der Waals surface area (Å²) in [5.74, 6) is 0.109. The van der Waals surface area contributed by atoms with Gasteiger partial charge in [-0.2, -0.15) is 0 Å². The third-order valence-corrected chi connectivity index (χ3v) is 8.30. The first kappa shape index (κ1) is 30.2. The van der Waals surface area contributed by atoms with Crippen molar-refractivity contribution in [2.24, 2.45) is 0 Å². The number of hydrogen-bond donors (Lipinski definition) is 2. The lowest BCUT2D eigenvalue weighted by molar-refractivity contribution is 0.191. The maximum Gasteiger partial charge on any atom is 0.213 e. The molecule has 222 valence electrons. The first-order chi connectivity index (χ1) is 21.0. The minimum Gasteiger partial charge on any atom is -0.481 e. The van der Waals surface area contributed by atoms with E-state index in [0.717, 1.165) is 49.7 Å². The van der Waals surface area contributed by atoms with Gasteiger partial charge in [-0.3, -0.25) is 15.3 Å². The second-order valence-corrected chi connectivity index (χ2v) is 11.3. The molecule has 0 radical (unpaired) electrons. The van der Waals surface area contributed by atoms with Gasteiger partial charge in [0.25, 0.3) is 0 Å². The number of aromatic nitrogens is 1. The Balaban J connectivity index is 1.19. The van der Waals surface area contributed by atoms with Crippen molar-refractivity contribution in [3.05, 3.63) is 137 Å². The second-order valence-electron chi connectivity index (χ2n) is 11.3. The van der Waals surface area contributed by atoms with Crippen molar-refractivity contribution >= 4 is 17.3 Å². The van der Waals surface area contributed by atoms with Crippen LogP contribution < -0.4 is 10.2 Å². The van der Waals surface area contributed by atoms with Crippen LogP contribution in [-0.4, -0.2) is 48.6 Å². The molecule has 1 aliphatic rings. The summed E-state index contributed by atoms with van der Waals surface area (Å²) in [5.41, 5.74) is 8.38. The first-order valence-corrected chi connectivity index (χ1v) is 15.2. The van der Waals surface area contributed by atoms with Crippen LogP contribution in [0.15, 0.2) is 104 Å². The van der Waals surface area contributed by atoms with Crippen molar-refractivity contribution in [3.63, 3.8) is 0 Å². The average molecular weight is 574 g/mol. The number of nitrogens with one attached hydrogen (secondary N) is 2. The Kier molecular flexibility index (Phi) is 10.4. The normalized spacial score (nSPS) is 13.9. The zero-order chi connectivity index (χ0) is 30.0. The summed E-state index contributed by atoms with van der Waals surface area (Å²) in [4.78, 5) is 9.37. The Bertz CT molecular complexity index is 1490. The van der Waals surface area contributed by atoms with Gasteiger partial charge in [0.15, 0.2) is 0 Å². The van der Waals surface area contributed by atoms with Gasteiger partial charge in [0.1, 0.15) is 0 Å². The average Bonchev–Trinajstić information content (AvgIpc) is 3.05. The van der Waals surface area contributed by atoms with Crippen molar-refractivity contribution < 1.29 is 4.74 Å². The molecule has 0 aliphatic carbocycles. The lowest BCUT2D eigenvalue weighted by Crippen LogP contribution is -2.42. The zero-order valence-electron chi connectivity index (χ0n) is 25.4. The van der Waals surface area contributed by atoms with Crippen molar-refractivity contribution in [1.29, 1.82) is 5.41 Å². The summed E-state index contributed by atoms with van der Waals surface area (Å²) in [7, 11) is 1.51. The summed E-state index contributed by atoms with van der Waals surface area (Å²) >= 11 is 0. The number of piperidine rings is 1. The highest BCUT2D eigenvalue weighted by Crippen LogP contribution is 2.30. The lowest BCUT2D eigenvalue weighted by Gasteiger charge is -2.32. The molecule has 0 atom stereocenters. The molecule has 0 spiro atoms. The topological polar surface area (TPSA) is 64.5 Å². The number of pyridine rings is 1. The van der Waals surface area contributed by atoms with E-state index in [1.807, 2.05) is 6.07 Å². The van der Waals surface area contributed by atoms with Gasteiger partial charge < -0.3 is 15.0 Å². The quantitative estimate of drug-likeness (QED) is 0.144. The summed E-state index contributed by atoms with van der Waals surface area (Å²) < 4.78 is 5.14. The molecule has 0 saturated carbocycles. The largest absolute Gasteiger partial charge is 0.481 e. The molecule has 0 bridgehead atoms. The van der Waals surface area contributed by atoms with Crippen LogP contribution in [0.3, 0.4) is 0 Å². The molecule has 2 heterocycles. The molecule has 1 saturated heterocycles. The van der Waals surface area contributed by atoms with Crippen molar-refractivity contribution in [1.82, 2.24) is 15.2 Å². The fraction of sp³-hybridized carbons (Fsp3) is 0.297. The highest BCUT2D eigenvalue weighted by atomic mass is 16.5. The third-order valence-electron chi connectivity index (χ3n) is 8.30. The van der Waals surface area contributed by atoms with E-state index in [0.29, 0.717) is 18.2 Å². The number of ether oxygens (including phenoxy) is 1. The van der Waals surface area contributed by atoms with Crippen LogP contribution in [0.1, 0.15) is 46.4 Å². The number of methoxy groups -OCH3 is 1. The Labute approximate surface area is 256 Å². The maximum absolute atomic E-state index is 8.08. The lowest BCUT2D eigenvalue weighted by atomic mass is 10.0. The molecule has 6 nitrogen and oxygen atoms in total. The van der Waals surface area contributed by atoms with Gasteiger partial charge in [-0.1, -0.05) is 79.4 Å². The van der Waals surface area contributed by atoms with Crippen LogP contribution in [0.5, 0.6) is 0 Å². The van der Waals surface area contributed by atoms with Gasteiger partial charge in [-0.25, -0.2) is 0 Å². The van der Waals surface area contributed by atoms with E-state index < -0.39 is 0 Å². The van der Waals surface area contributed by atoms with E-state index in [9.17, 15) is 0 Å². The Morgan fingerprint density at radius 1 is 0.953 bits per heavy atom. The zero-order valence-corrected chi connectivity index (χ0v) is 25.4. The number of aryl methyl sites for hydroxylation is 1. The number of likely N-dealkylation sites (tertiary alicyclic amines) is 1. The van der Waals surface area contributed by atoms with Crippen LogP contribution in [0.2, 0.25) is 0 Å². The summed E-state index contributed by atoms with van der Waals surface area (Å²) in [6, 6.07) is 32.3. The monoisotopic (exact) mass is 573 g/mol. The Morgan fingerprint density at radius 2 is 1.65 bits per heavy atom. The molecular weight excluding hydrogens is 530 g/mol. The van der Waals surface area contributed by atoms with Gasteiger partial charge in [0, 0.05) is 36.6 Å². The van der Waals surface area contributed by atoms with Gasteiger partial charge in [-0.05, 0) is 86.3 Å². The van der Waals surface area contributed by atoms with E-state index in [1.165, 1.54) is 42.2 Å². The Hall–Kier alpha value is -4.26. The van der Waals surface area contributed by atoms with E-state index in [1.54, 1.807) is 12.3 Å². The van der Waals surface area contributed by atoms with E-state index in [-0.39, 0.29) is 5.90 Å².